The molecule has 2 aliphatic heterocycles. The number of carbonyl (C=O) groups excluding carboxylic acids is 3. The molecule has 6 nitrogen and oxygen atoms in total. The maximum absolute atomic E-state index is 11.8. The van der Waals surface area contributed by atoms with Crippen LogP contribution in [0.5, 0.6) is 0 Å². The van der Waals surface area contributed by atoms with Crippen LogP contribution in [0.3, 0.4) is 0 Å². The number of rotatable bonds is 1. The Bertz CT molecular complexity index is 431. The summed E-state index contributed by atoms with van der Waals surface area (Å²) >= 11 is 0. The molecule has 1 saturated carbocycles. The Balaban J connectivity index is 1.76. The van der Waals surface area contributed by atoms with Crippen LogP contribution < -0.4 is 0 Å². The molecule has 104 valence electrons. The van der Waals surface area contributed by atoms with Crippen LogP contribution in [-0.2, 0) is 28.9 Å². The lowest BCUT2D eigenvalue weighted by molar-refractivity contribution is -0.310. The Morgan fingerprint density at radius 2 is 1.84 bits per heavy atom. The van der Waals surface area contributed by atoms with Gasteiger partial charge < -0.3 is 4.74 Å². The van der Waals surface area contributed by atoms with Gasteiger partial charge in [0.2, 0.25) is 0 Å². The van der Waals surface area contributed by atoms with Gasteiger partial charge in [-0.05, 0) is 24.7 Å². The van der Waals surface area contributed by atoms with Crippen molar-refractivity contribution in [2.45, 2.75) is 26.2 Å². The fraction of sp³-hybridized carbons (Fsp3) is 0.769. The molecule has 0 spiro atoms. The molecule has 19 heavy (non-hydrogen) atoms. The molecule has 0 aromatic rings. The van der Waals surface area contributed by atoms with E-state index in [2.05, 4.69) is 9.62 Å². The van der Waals surface area contributed by atoms with Gasteiger partial charge in [-0.3, -0.25) is 14.5 Å². The van der Waals surface area contributed by atoms with Gasteiger partial charge >= 0.3 is 17.9 Å². The van der Waals surface area contributed by atoms with Gasteiger partial charge in [0.1, 0.15) is 0 Å². The third-order valence-electron chi connectivity index (χ3n) is 4.66. The van der Waals surface area contributed by atoms with Crippen LogP contribution in [0.2, 0.25) is 0 Å². The van der Waals surface area contributed by atoms with Crippen molar-refractivity contribution in [2.75, 3.05) is 6.61 Å². The summed E-state index contributed by atoms with van der Waals surface area (Å²) in [7, 11) is 0. The van der Waals surface area contributed by atoms with Crippen LogP contribution in [0, 0.1) is 29.6 Å². The maximum atomic E-state index is 11.8. The molecule has 2 heterocycles. The van der Waals surface area contributed by atoms with E-state index in [1.807, 2.05) is 6.92 Å². The molecule has 0 radical (unpaired) electrons. The molecule has 5 atom stereocenters. The highest BCUT2D eigenvalue weighted by Gasteiger charge is 2.49. The van der Waals surface area contributed by atoms with Crippen LogP contribution in [0.15, 0.2) is 0 Å². The predicted octanol–water partition coefficient (Wildman–Crippen LogP) is 0.843. The van der Waals surface area contributed by atoms with Crippen molar-refractivity contribution < 1.29 is 28.9 Å². The number of ether oxygens (including phenoxy) is 1. The second kappa shape index (κ2) is 4.59. The SMILES string of the molecule is CC1CC(C2CC(=O)OC2=O)CC2C(=O)OOCC12. The Morgan fingerprint density at radius 3 is 2.53 bits per heavy atom. The molecule has 0 bridgehead atoms. The summed E-state index contributed by atoms with van der Waals surface area (Å²) in [5.41, 5.74) is 0. The van der Waals surface area contributed by atoms with Crippen LogP contribution in [0.4, 0.5) is 0 Å². The Kier molecular flexibility index (Phi) is 3.05. The number of hydrogen-bond acceptors (Lipinski definition) is 6. The monoisotopic (exact) mass is 268 g/mol. The maximum Gasteiger partial charge on any atom is 0.345 e. The van der Waals surface area contributed by atoms with Gasteiger partial charge in [0.05, 0.1) is 24.9 Å². The van der Waals surface area contributed by atoms with Crippen LogP contribution in [0.25, 0.3) is 0 Å². The highest BCUT2D eigenvalue weighted by molar-refractivity contribution is 5.94. The zero-order chi connectivity index (χ0) is 13.6. The van der Waals surface area contributed by atoms with Crippen molar-refractivity contribution in [3.63, 3.8) is 0 Å². The standard InChI is InChI=1S/C13H16O6/c1-6-2-7(8-4-11(14)18-12(8)15)3-9-10(6)5-17-19-13(9)16/h6-10H,2-5H2,1H3. The van der Waals surface area contributed by atoms with Gasteiger partial charge in [0.25, 0.3) is 0 Å². The second-order valence-corrected chi connectivity index (χ2v) is 5.77. The van der Waals surface area contributed by atoms with Gasteiger partial charge in [-0.2, -0.15) is 4.89 Å². The van der Waals surface area contributed by atoms with Gasteiger partial charge in [-0.1, -0.05) is 6.92 Å². The minimum Gasteiger partial charge on any atom is -0.393 e. The fourth-order valence-corrected chi connectivity index (χ4v) is 3.61. The van der Waals surface area contributed by atoms with Crippen molar-refractivity contribution in [1.29, 1.82) is 0 Å². The van der Waals surface area contributed by atoms with E-state index in [9.17, 15) is 14.4 Å². The lowest BCUT2D eigenvalue weighted by atomic mass is 9.65. The largest absolute Gasteiger partial charge is 0.393 e. The average molecular weight is 268 g/mol. The van der Waals surface area contributed by atoms with E-state index in [0.29, 0.717) is 13.0 Å². The van der Waals surface area contributed by atoms with E-state index in [4.69, 9.17) is 4.89 Å². The Hall–Kier alpha value is -1.43. The van der Waals surface area contributed by atoms with Crippen LogP contribution in [-0.4, -0.2) is 24.5 Å². The predicted molar refractivity (Wildman–Crippen MR) is 60.1 cm³/mol. The first kappa shape index (κ1) is 12.6. The van der Waals surface area contributed by atoms with E-state index < -0.39 is 17.9 Å². The number of carbonyl (C=O) groups is 3. The summed E-state index contributed by atoms with van der Waals surface area (Å²) in [5.74, 6) is -1.46. The van der Waals surface area contributed by atoms with Gasteiger partial charge in [-0.25, -0.2) is 4.79 Å². The molecule has 2 saturated heterocycles. The topological polar surface area (TPSA) is 78.9 Å². The number of fused-ring (bicyclic) bond motifs is 1. The highest BCUT2D eigenvalue weighted by Crippen LogP contribution is 2.45. The van der Waals surface area contributed by atoms with Crippen LogP contribution in [0.1, 0.15) is 26.2 Å². The molecule has 3 rings (SSSR count). The van der Waals surface area contributed by atoms with E-state index in [-0.39, 0.29) is 36.1 Å². The van der Waals surface area contributed by atoms with Gasteiger partial charge in [0.15, 0.2) is 0 Å². The summed E-state index contributed by atoms with van der Waals surface area (Å²) in [6.07, 6.45) is 1.52. The summed E-state index contributed by atoms with van der Waals surface area (Å²) in [5, 5.41) is 0. The highest BCUT2D eigenvalue weighted by atomic mass is 17.2. The quantitative estimate of drug-likeness (QED) is 0.398. The van der Waals surface area contributed by atoms with E-state index in [1.54, 1.807) is 0 Å². The van der Waals surface area contributed by atoms with Gasteiger partial charge in [-0.15, -0.1) is 0 Å². The Morgan fingerprint density at radius 1 is 1.05 bits per heavy atom. The van der Waals surface area contributed by atoms with E-state index >= 15 is 0 Å². The lowest BCUT2D eigenvalue weighted by Crippen LogP contribution is -2.44. The zero-order valence-electron chi connectivity index (χ0n) is 10.7. The minimum atomic E-state index is -0.459. The van der Waals surface area contributed by atoms with Crippen molar-refractivity contribution in [3.05, 3.63) is 0 Å². The lowest BCUT2D eigenvalue weighted by Gasteiger charge is -2.41. The first-order valence-electron chi connectivity index (χ1n) is 6.64. The first-order valence-corrected chi connectivity index (χ1v) is 6.64. The normalized spacial score (nSPS) is 42.6. The van der Waals surface area contributed by atoms with E-state index in [1.165, 1.54) is 0 Å². The average Bonchev–Trinajstić information content (AvgIpc) is 2.70. The van der Waals surface area contributed by atoms with Crippen molar-refractivity contribution in [3.8, 4) is 0 Å². The summed E-state index contributed by atoms with van der Waals surface area (Å²) in [4.78, 5) is 44.0. The summed E-state index contributed by atoms with van der Waals surface area (Å²) in [6, 6.07) is 0. The second-order valence-electron chi connectivity index (χ2n) is 5.77. The summed E-state index contributed by atoms with van der Waals surface area (Å²) < 4.78 is 4.61. The molecule has 0 aromatic carbocycles. The molecule has 5 unspecified atom stereocenters. The molecule has 3 aliphatic rings. The summed E-state index contributed by atoms with van der Waals surface area (Å²) in [6.45, 7) is 2.46. The molecule has 1 aliphatic carbocycles. The third kappa shape index (κ3) is 2.14. The fourth-order valence-electron chi connectivity index (χ4n) is 3.61. The first-order chi connectivity index (χ1) is 9.06. The number of hydrogen-bond donors (Lipinski definition) is 0. The molecule has 6 heteroatoms. The number of cyclic esters (lactones) is 2. The molecule has 3 fully saturated rings. The smallest absolute Gasteiger partial charge is 0.345 e. The number of esters is 2. The molecule has 0 N–H and O–H groups in total. The zero-order valence-corrected chi connectivity index (χ0v) is 10.7. The molecular formula is C13H16O6. The van der Waals surface area contributed by atoms with Gasteiger partial charge in [0, 0.05) is 5.92 Å². The molecule has 0 aromatic heterocycles. The third-order valence-corrected chi connectivity index (χ3v) is 4.66. The Labute approximate surface area is 110 Å². The van der Waals surface area contributed by atoms with Crippen LogP contribution >= 0.6 is 0 Å². The van der Waals surface area contributed by atoms with Crippen molar-refractivity contribution in [1.82, 2.24) is 0 Å². The van der Waals surface area contributed by atoms with E-state index in [0.717, 1.165) is 6.42 Å². The molecule has 0 amide bonds. The minimum absolute atomic E-state index is 0.0147. The molecular weight excluding hydrogens is 252 g/mol. The van der Waals surface area contributed by atoms with Crippen molar-refractivity contribution >= 4 is 17.9 Å². The van der Waals surface area contributed by atoms with Crippen molar-refractivity contribution in [2.24, 2.45) is 29.6 Å².